The summed E-state index contributed by atoms with van der Waals surface area (Å²) in [6.07, 6.45) is 3.46. The molecule has 0 aliphatic rings. The molecule has 0 aliphatic heterocycles. The van der Waals surface area contributed by atoms with Gasteiger partial charge in [0.15, 0.2) is 17.0 Å². The zero-order valence-electron chi connectivity index (χ0n) is 8.36. The van der Waals surface area contributed by atoms with Gasteiger partial charge in [-0.2, -0.15) is 0 Å². The Morgan fingerprint density at radius 1 is 1.43 bits per heavy atom. The molecular weight excluding hydrogens is 178 g/mol. The number of fused-ring (bicyclic) bond motifs is 1. The minimum absolute atomic E-state index is 0.452. The summed E-state index contributed by atoms with van der Waals surface area (Å²) in [5, 5.41) is 0. The van der Waals surface area contributed by atoms with E-state index in [1.807, 2.05) is 11.6 Å². The molecule has 0 fully saturated rings. The lowest BCUT2D eigenvalue weighted by atomic mass is 10.3. The van der Waals surface area contributed by atoms with Crippen LogP contribution >= 0.6 is 0 Å². The van der Waals surface area contributed by atoms with Crippen LogP contribution < -0.4 is 5.73 Å². The molecule has 2 aromatic heterocycles. The first kappa shape index (κ1) is 8.93. The lowest BCUT2D eigenvalue weighted by Gasteiger charge is -1.98. The van der Waals surface area contributed by atoms with Crippen molar-refractivity contribution in [3.8, 4) is 0 Å². The topological polar surface area (TPSA) is 69.6 Å². The first-order valence-electron chi connectivity index (χ1n) is 4.65. The predicted octanol–water partition coefficient (Wildman–Crippen LogP) is 0.898. The number of aromatic nitrogens is 4. The smallest absolute Gasteiger partial charge is 0.165 e. The second-order valence-corrected chi connectivity index (χ2v) is 3.27. The number of nitrogens with two attached hydrogens (primary N) is 1. The van der Waals surface area contributed by atoms with Gasteiger partial charge in [0.25, 0.3) is 0 Å². The fraction of sp³-hybridized carbons (Fsp3) is 0.444. The van der Waals surface area contributed by atoms with E-state index in [0.717, 1.165) is 24.3 Å². The van der Waals surface area contributed by atoms with E-state index >= 15 is 0 Å². The number of hydrogen-bond acceptors (Lipinski definition) is 4. The molecule has 0 spiro atoms. The summed E-state index contributed by atoms with van der Waals surface area (Å²) in [4.78, 5) is 12.5. The van der Waals surface area contributed by atoms with E-state index < -0.39 is 0 Å². The molecule has 74 valence electrons. The van der Waals surface area contributed by atoms with E-state index in [1.54, 1.807) is 0 Å². The van der Waals surface area contributed by atoms with Gasteiger partial charge < -0.3 is 10.3 Å². The fourth-order valence-electron chi connectivity index (χ4n) is 1.51. The Balaban J connectivity index is 2.67. The van der Waals surface area contributed by atoms with Crippen LogP contribution in [0.4, 0.5) is 5.82 Å². The van der Waals surface area contributed by atoms with Gasteiger partial charge in [-0.15, -0.1) is 0 Å². The van der Waals surface area contributed by atoms with Crippen LogP contribution in [0, 0.1) is 0 Å². The van der Waals surface area contributed by atoms with Gasteiger partial charge in [-0.1, -0.05) is 6.92 Å². The molecular formula is C9H13N5. The van der Waals surface area contributed by atoms with E-state index in [4.69, 9.17) is 5.73 Å². The van der Waals surface area contributed by atoms with E-state index in [0.29, 0.717) is 11.3 Å². The summed E-state index contributed by atoms with van der Waals surface area (Å²) < 4.78 is 1.97. The maximum absolute atomic E-state index is 5.71. The second-order valence-electron chi connectivity index (χ2n) is 3.27. The average molecular weight is 191 g/mol. The van der Waals surface area contributed by atoms with Crippen LogP contribution in [0.25, 0.3) is 11.2 Å². The summed E-state index contributed by atoms with van der Waals surface area (Å²) in [7, 11) is 1.95. The number of nitrogens with zero attached hydrogens (tertiary/aromatic N) is 4. The van der Waals surface area contributed by atoms with Gasteiger partial charge in [-0.25, -0.2) is 15.0 Å². The third-order valence-electron chi connectivity index (χ3n) is 2.25. The van der Waals surface area contributed by atoms with Crippen molar-refractivity contribution in [2.45, 2.75) is 19.8 Å². The van der Waals surface area contributed by atoms with Crippen molar-refractivity contribution in [3.05, 3.63) is 12.2 Å². The zero-order chi connectivity index (χ0) is 10.1. The number of anilines is 1. The third-order valence-corrected chi connectivity index (χ3v) is 2.25. The average Bonchev–Trinajstić information content (AvgIpc) is 2.48. The van der Waals surface area contributed by atoms with E-state index in [2.05, 4.69) is 21.9 Å². The molecule has 0 aliphatic carbocycles. The van der Waals surface area contributed by atoms with Crippen LogP contribution in [0.2, 0.25) is 0 Å². The quantitative estimate of drug-likeness (QED) is 0.765. The fourth-order valence-corrected chi connectivity index (χ4v) is 1.51. The standard InChI is InChI=1S/C9H13N5/c1-3-4-6-13-7-8(10)11-5-12-9(7)14(6)2/h5H,3-4H2,1-2H3,(H2,10,11,12). The summed E-state index contributed by atoms with van der Waals surface area (Å²) in [5.74, 6) is 1.46. The summed E-state index contributed by atoms with van der Waals surface area (Å²) >= 11 is 0. The number of aryl methyl sites for hydroxylation is 2. The van der Waals surface area contributed by atoms with Gasteiger partial charge in [0.1, 0.15) is 12.2 Å². The van der Waals surface area contributed by atoms with Crippen LogP contribution in [-0.4, -0.2) is 19.5 Å². The molecule has 0 amide bonds. The highest BCUT2D eigenvalue weighted by Crippen LogP contribution is 2.16. The van der Waals surface area contributed by atoms with Crippen molar-refractivity contribution >= 4 is 17.0 Å². The van der Waals surface area contributed by atoms with Gasteiger partial charge in [-0.3, -0.25) is 0 Å². The highest BCUT2D eigenvalue weighted by atomic mass is 15.1. The highest BCUT2D eigenvalue weighted by molar-refractivity contribution is 5.81. The lowest BCUT2D eigenvalue weighted by molar-refractivity contribution is 0.768. The van der Waals surface area contributed by atoms with Crippen molar-refractivity contribution < 1.29 is 0 Å². The van der Waals surface area contributed by atoms with Gasteiger partial charge in [0.2, 0.25) is 0 Å². The molecule has 2 heterocycles. The third kappa shape index (κ3) is 1.21. The number of nitrogen functional groups attached to an aromatic ring is 1. The maximum Gasteiger partial charge on any atom is 0.165 e. The molecule has 0 bridgehead atoms. The van der Waals surface area contributed by atoms with Gasteiger partial charge in [0, 0.05) is 13.5 Å². The monoisotopic (exact) mass is 191 g/mol. The Morgan fingerprint density at radius 3 is 2.86 bits per heavy atom. The Kier molecular flexibility index (Phi) is 2.07. The Labute approximate surface area is 82.0 Å². The zero-order valence-corrected chi connectivity index (χ0v) is 8.36. The Bertz CT molecular complexity index is 459. The molecule has 5 heteroatoms. The molecule has 0 atom stereocenters. The van der Waals surface area contributed by atoms with Gasteiger partial charge >= 0.3 is 0 Å². The predicted molar refractivity (Wildman–Crippen MR) is 54.7 cm³/mol. The van der Waals surface area contributed by atoms with E-state index in [-0.39, 0.29) is 0 Å². The van der Waals surface area contributed by atoms with Crippen molar-refractivity contribution in [2.24, 2.45) is 7.05 Å². The number of imidazole rings is 1. The normalized spacial score (nSPS) is 11.0. The SMILES string of the molecule is CCCc1nc2c(N)ncnc2n1C. The van der Waals surface area contributed by atoms with Crippen LogP contribution in [0.5, 0.6) is 0 Å². The van der Waals surface area contributed by atoms with Crippen LogP contribution in [-0.2, 0) is 13.5 Å². The van der Waals surface area contributed by atoms with Crippen LogP contribution in [0.3, 0.4) is 0 Å². The minimum atomic E-state index is 0.452. The molecule has 0 unspecified atom stereocenters. The molecule has 2 N–H and O–H groups in total. The van der Waals surface area contributed by atoms with Crippen molar-refractivity contribution in [2.75, 3.05) is 5.73 Å². The molecule has 2 rings (SSSR count). The summed E-state index contributed by atoms with van der Waals surface area (Å²) in [6.45, 7) is 2.12. The van der Waals surface area contributed by atoms with E-state index in [9.17, 15) is 0 Å². The van der Waals surface area contributed by atoms with Crippen molar-refractivity contribution in [1.29, 1.82) is 0 Å². The lowest BCUT2D eigenvalue weighted by Crippen LogP contribution is -1.98. The number of hydrogen-bond donors (Lipinski definition) is 1. The molecule has 0 saturated carbocycles. The van der Waals surface area contributed by atoms with E-state index in [1.165, 1.54) is 6.33 Å². The second kappa shape index (κ2) is 3.25. The summed E-state index contributed by atoms with van der Waals surface area (Å²) in [5.41, 5.74) is 7.22. The first-order chi connectivity index (χ1) is 6.74. The van der Waals surface area contributed by atoms with Gasteiger partial charge in [-0.05, 0) is 6.42 Å². The molecule has 0 aromatic carbocycles. The van der Waals surface area contributed by atoms with Crippen molar-refractivity contribution in [3.63, 3.8) is 0 Å². The Hall–Kier alpha value is -1.65. The Morgan fingerprint density at radius 2 is 2.21 bits per heavy atom. The molecule has 0 radical (unpaired) electrons. The molecule has 5 nitrogen and oxygen atoms in total. The minimum Gasteiger partial charge on any atom is -0.382 e. The maximum atomic E-state index is 5.71. The summed E-state index contributed by atoms with van der Waals surface area (Å²) in [6, 6.07) is 0. The molecule has 2 aromatic rings. The highest BCUT2D eigenvalue weighted by Gasteiger charge is 2.10. The van der Waals surface area contributed by atoms with Gasteiger partial charge in [0.05, 0.1) is 0 Å². The molecule has 14 heavy (non-hydrogen) atoms. The first-order valence-corrected chi connectivity index (χ1v) is 4.65. The van der Waals surface area contributed by atoms with Crippen LogP contribution in [0.15, 0.2) is 6.33 Å². The largest absolute Gasteiger partial charge is 0.382 e. The molecule has 0 saturated heterocycles. The number of rotatable bonds is 2. The van der Waals surface area contributed by atoms with Crippen LogP contribution in [0.1, 0.15) is 19.2 Å². The van der Waals surface area contributed by atoms with Crippen molar-refractivity contribution in [1.82, 2.24) is 19.5 Å².